The Bertz CT molecular complexity index is 1040. The van der Waals surface area contributed by atoms with E-state index in [1.54, 1.807) is 0 Å². The third-order valence-corrected chi connectivity index (χ3v) is 6.72. The van der Waals surface area contributed by atoms with E-state index in [0.29, 0.717) is 30.3 Å². The second kappa shape index (κ2) is 9.56. The third kappa shape index (κ3) is 5.10. The van der Waals surface area contributed by atoms with E-state index in [4.69, 9.17) is 0 Å². The molecule has 0 spiro atoms. The number of thioether (sulfide) groups is 1. The highest BCUT2D eigenvalue weighted by Gasteiger charge is 2.26. The largest absolute Gasteiger partial charge is 0.348 e. The van der Waals surface area contributed by atoms with E-state index in [1.165, 1.54) is 17.3 Å². The molecule has 0 saturated heterocycles. The summed E-state index contributed by atoms with van der Waals surface area (Å²) in [6, 6.07) is 14.0. The first-order chi connectivity index (χ1) is 15.0. The summed E-state index contributed by atoms with van der Waals surface area (Å²) in [6.45, 7) is 5.36. The summed E-state index contributed by atoms with van der Waals surface area (Å²) in [7, 11) is 0. The molecule has 0 radical (unpaired) electrons. The number of benzene rings is 2. The quantitative estimate of drug-likeness (QED) is 0.660. The van der Waals surface area contributed by atoms with Gasteiger partial charge < -0.3 is 10.2 Å². The van der Waals surface area contributed by atoms with Gasteiger partial charge in [-0.3, -0.25) is 9.59 Å². The fourth-order valence-corrected chi connectivity index (χ4v) is 4.71. The molecule has 160 valence electrons. The number of fused-ring (bicyclic) bond motifs is 1. The number of anilines is 1. The molecule has 1 aliphatic heterocycles. The monoisotopic (exact) mass is 432 g/mol. The van der Waals surface area contributed by atoms with E-state index in [0.717, 1.165) is 34.6 Å². The Kier molecular flexibility index (Phi) is 6.62. The van der Waals surface area contributed by atoms with Crippen LogP contribution in [0.2, 0.25) is 0 Å². The standard InChI is InChI=1S/C26H28N2O2S/c1-18(2)21-10-8-19(9-11-21)15-27-26(30)22-12-13-24-23(14-22)28(25(29)17-31-24)16-20-6-4-3-5-7-20/h4,6-14,18H,3,5,15-17H2,1-2H3,(H,27,30). The van der Waals surface area contributed by atoms with Crippen LogP contribution < -0.4 is 10.2 Å². The minimum Gasteiger partial charge on any atom is -0.348 e. The van der Waals surface area contributed by atoms with Crippen LogP contribution in [0.5, 0.6) is 0 Å². The molecule has 5 heteroatoms. The summed E-state index contributed by atoms with van der Waals surface area (Å²) < 4.78 is 0. The predicted octanol–water partition coefficient (Wildman–Crippen LogP) is 5.46. The molecule has 1 N–H and O–H groups in total. The van der Waals surface area contributed by atoms with Gasteiger partial charge in [-0.25, -0.2) is 0 Å². The molecule has 4 nitrogen and oxygen atoms in total. The van der Waals surface area contributed by atoms with Crippen LogP contribution >= 0.6 is 11.8 Å². The van der Waals surface area contributed by atoms with Crippen LogP contribution in [-0.4, -0.2) is 24.1 Å². The zero-order valence-electron chi connectivity index (χ0n) is 18.1. The van der Waals surface area contributed by atoms with Gasteiger partial charge in [-0.1, -0.05) is 56.3 Å². The number of carbonyl (C=O) groups excluding carboxylic acids is 2. The predicted molar refractivity (Wildman–Crippen MR) is 128 cm³/mol. The van der Waals surface area contributed by atoms with Crippen molar-refractivity contribution < 1.29 is 9.59 Å². The minimum atomic E-state index is -0.129. The van der Waals surface area contributed by atoms with Crippen molar-refractivity contribution in [2.24, 2.45) is 0 Å². The number of nitrogens with zero attached hydrogens (tertiary/aromatic N) is 1. The Morgan fingerprint density at radius 1 is 1.13 bits per heavy atom. The molecule has 0 aromatic heterocycles. The third-order valence-electron chi connectivity index (χ3n) is 5.68. The van der Waals surface area contributed by atoms with Crippen LogP contribution in [-0.2, 0) is 11.3 Å². The zero-order chi connectivity index (χ0) is 21.8. The molecular weight excluding hydrogens is 404 g/mol. The normalized spacial score (nSPS) is 15.6. The summed E-state index contributed by atoms with van der Waals surface area (Å²) in [5.74, 6) is 0.875. The lowest BCUT2D eigenvalue weighted by atomic mass is 10.0. The molecule has 2 amide bonds. The van der Waals surface area contributed by atoms with Gasteiger partial charge in [0.25, 0.3) is 5.91 Å². The summed E-state index contributed by atoms with van der Waals surface area (Å²) >= 11 is 1.54. The number of hydrogen-bond donors (Lipinski definition) is 1. The van der Waals surface area contributed by atoms with Crippen LogP contribution in [0, 0.1) is 0 Å². The maximum absolute atomic E-state index is 12.8. The van der Waals surface area contributed by atoms with E-state index < -0.39 is 0 Å². The van der Waals surface area contributed by atoms with Crippen LogP contribution in [0.15, 0.2) is 71.2 Å². The highest BCUT2D eigenvalue weighted by Crippen LogP contribution is 2.36. The van der Waals surface area contributed by atoms with E-state index in [2.05, 4.69) is 61.7 Å². The number of hydrogen-bond acceptors (Lipinski definition) is 3. The van der Waals surface area contributed by atoms with Gasteiger partial charge in [-0.05, 0) is 53.7 Å². The molecule has 4 rings (SSSR count). The maximum Gasteiger partial charge on any atom is 0.251 e. The Morgan fingerprint density at radius 3 is 2.65 bits per heavy atom. The van der Waals surface area contributed by atoms with Gasteiger partial charge in [-0.2, -0.15) is 0 Å². The Hall–Kier alpha value is -2.79. The van der Waals surface area contributed by atoms with E-state index in [1.807, 2.05) is 23.1 Å². The van der Waals surface area contributed by atoms with Gasteiger partial charge in [0.2, 0.25) is 5.91 Å². The van der Waals surface area contributed by atoms with Gasteiger partial charge in [-0.15, -0.1) is 11.8 Å². The summed E-state index contributed by atoms with van der Waals surface area (Å²) in [4.78, 5) is 28.3. The van der Waals surface area contributed by atoms with Crippen LogP contribution in [0.1, 0.15) is 54.1 Å². The Labute approximate surface area is 188 Å². The van der Waals surface area contributed by atoms with Crippen molar-refractivity contribution in [2.75, 3.05) is 17.2 Å². The molecule has 0 fully saturated rings. The molecule has 1 heterocycles. The molecule has 2 aromatic carbocycles. The lowest BCUT2D eigenvalue weighted by Crippen LogP contribution is -2.37. The molecule has 1 aliphatic carbocycles. The number of carbonyl (C=O) groups is 2. The summed E-state index contributed by atoms with van der Waals surface area (Å²) in [5, 5.41) is 3.01. The molecule has 31 heavy (non-hydrogen) atoms. The summed E-state index contributed by atoms with van der Waals surface area (Å²) in [6.07, 6.45) is 8.50. The van der Waals surface area contributed by atoms with Gasteiger partial charge in [0.1, 0.15) is 0 Å². The van der Waals surface area contributed by atoms with Gasteiger partial charge in [0, 0.05) is 17.0 Å². The fraction of sp³-hybridized carbons (Fsp3) is 0.308. The Morgan fingerprint density at radius 2 is 1.94 bits per heavy atom. The summed E-state index contributed by atoms with van der Waals surface area (Å²) in [5.41, 5.74) is 4.91. The average Bonchev–Trinajstić information content (AvgIpc) is 2.80. The fourth-order valence-electron chi connectivity index (χ4n) is 3.79. The van der Waals surface area contributed by atoms with Gasteiger partial charge in [0.05, 0.1) is 18.0 Å². The molecule has 2 aliphatic rings. The van der Waals surface area contributed by atoms with E-state index in [9.17, 15) is 9.59 Å². The van der Waals surface area contributed by atoms with Crippen LogP contribution in [0.25, 0.3) is 0 Å². The van der Waals surface area contributed by atoms with Crippen molar-refractivity contribution in [3.05, 3.63) is 83.0 Å². The number of nitrogens with one attached hydrogen (secondary N) is 1. The molecule has 0 atom stereocenters. The van der Waals surface area contributed by atoms with E-state index >= 15 is 0 Å². The lowest BCUT2D eigenvalue weighted by Gasteiger charge is -2.30. The highest BCUT2D eigenvalue weighted by atomic mass is 32.2. The number of allylic oxidation sites excluding steroid dienone is 2. The van der Waals surface area contributed by atoms with Crippen molar-refractivity contribution >= 4 is 29.3 Å². The SMILES string of the molecule is CC(C)c1ccc(CNC(=O)c2ccc3c(c2)N(CC2=CCCC=C2)C(=O)CS3)cc1. The number of amides is 2. The van der Waals surface area contributed by atoms with Crippen LogP contribution in [0.3, 0.4) is 0 Å². The van der Waals surface area contributed by atoms with E-state index in [-0.39, 0.29) is 11.8 Å². The van der Waals surface area contributed by atoms with Crippen LogP contribution in [0.4, 0.5) is 5.69 Å². The second-order valence-corrected chi connectivity index (χ2v) is 9.31. The maximum atomic E-state index is 12.8. The Balaban J connectivity index is 1.48. The van der Waals surface area contributed by atoms with Crippen molar-refractivity contribution in [1.29, 1.82) is 0 Å². The smallest absolute Gasteiger partial charge is 0.251 e. The van der Waals surface area contributed by atoms with Gasteiger partial charge >= 0.3 is 0 Å². The average molecular weight is 433 g/mol. The molecular formula is C26H28N2O2S. The van der Waals surface area contributed by atoms with Crippen molar-refractivity contribution in [1.82, 2.24) is 5.32 Å². The lowest BCUT2D eigenvalue weighted by molar-refractivity contribution is -0.116. The number of rotatable bonds is 6. The van der Waals surface area contributed by atoms with Crippen molar-refractivity contribution in [2.45, 2.75) is 44.0 Å². The first-order valence-electron chi connectivity index (χ1n) is 10.8. The molecule has 2 aromatic rings. The second-order valence-electron chi connectivity index (χ2n) is 8.29. The zero-order valence-corrected chi connectivity index (χ0v) is 18.9. The minimum absolute atomic E-state index is 0.0835. The van der Waals surface area contributed by atoms with Gasteiger partial charge in [0.15, 0.2) is 0 Å². The van der Waals surface area contributed by atoms with Crippen molar-refractivity contribution in [3.8, 4) is 0 Å². The van der Waals surface area contributed by atoms with Crippen molar-refractivity contribution in [3.63, 3.8) is 0 Å². The topological polar surface area (TPSA) is 49.4 Å². The first-order valence-corrected chi connectivity index (χ1v) is 11.8. The highest BCUT2D eigenvalue weighted by molar-refractivity contribution is 8.00. The molecule has 0 unspecified atom stereocenters. The first kappa shape index (κ1) is 21.4. The molecule has 0 saturated carbocycles. The molecule has 0 bridgehead atoms.